The second-order valence-electron chi connectivity index (χ2n) is 2.37. The molecule has 0 aromatic rings. The van der Waals surface area contributed by atoms with E-state index in [-0.39, 0.29) is 0 Å². The number of rotatable bonds is 4. The van der Waals surface area contributed by atoms with Gasteiger partial charge in [0.2, 0.25) is 0 Å². The number of aliphatic carboxylic acids is 1. The van der Waals surface area contributed by atoms with E-state index in [1.807, 2.05) is 5.32 Å². The molecule has 0 aromatic heterocycles. The highest BCUT2D eigenvalue weighted by Crippen LogP contribution is 1.94. The number of hydrogen-bond donors (Lipinski definition) is 3. The van der Waals surface area contributed by atoms with Gasteiger partial charge in [-0.25, -0.2) is 4.39 Å². The molecule has 0 aliphatic carbocycles. The van der Waals surface area contributed by atoms with Crippen molar-refractivity contribution < 1.29 is 19.1 Å². The van der Waals surface area contributed by atoms with E-state index in [1.54, 1.807) is 0 Å². The van der Waals surface area contributed by atoms with Gasteiger partial charge in [0.1, 0.15) is 6.54 Å². The first kappa shape index (κ1) is 10.8. The Labute approximate surface area is 68.7 Å². The van der Waals surface area contributed by atoms with E-state index in [0.717, 1.165) is 0 Å². The summed E-state index contributed by atoms with van der Waals surface area (Å²) in [6.45, 7) is 0.733. The quantitative estimate of drug-likeness (QED) is 0.508. The molecule has 0 saturated heterocycles. The van der Waals surface area contributed by atoms with Crippen molar-refractivity contribution in [2.45, 2.75) is 19.1 Å². The summed E-state index contributed by atoms with van der Waals surface area (Å²) >= 11 is 0. The van der Waals surface area contributed by atoms with E-state index >= 15 is 0 Å². The predicted molar refractivity (Wildman–Crippen MR) is 39.2 cm³/mol. The molecule has 5 nitrogen and oxygen atoms in total. The normalized spacial score (nSPS) is 14.9. The molecule has 0 bridgehead atoms. The largest absolute Gasteiger partial charge is 0.480 e. The summed E-state index contributed by atoms with van der Waals surface area (Å²) in [5.74, 6) is -2.22. The lowest BCUT2D eigenvalue weighted by molar-refractivity contribution is -0.138. The Morgan fingerprint density at radius 1 is 1.67 bits per heavy atom. The minimum Gasteiger partial charge on any atom is -0.480 e. The van der Waals surface area contributed by atoms with Crippen LogP contribution in [0.2, 0.25) is 0 Å². The monoisotopic (exact) mass is 178 g/mol. The maximum Gasteiger partial charge on any atom is 0.322 e. The van der Waals surface area contributed by atoms with Crippen molar-refractivity contribution in [1.82, 2.24) is 5.32 Å². The average Bonchev–Trinajstić information content (AvgIpc) is 1.98. The molecule has 6 heteroatoms. The van der Waals surface area contributed by atoms with E-state index in [2.05, 4.69) is 0 Å². The van der Waals surface area contributed by atoms with Crippen molar-refractivity contribution in [3.63, 3.8) is 0 Å². The van der Waals surface area contributed by atoms with Crippen molar-refractivity contribution in [1.29, 1.82) is 0 Å². The zero-order chi connectivity index (χ0) is 9.72. The van der Waals surface area contributed by atoms with Crippen LogP contribution in [0.5, 0.6) is 0 Å². The second kappa shape index (κ2) is 4.66. The number of carboxylic acids is 1. The van der Waals surface area contributed by atoms with Crippen LogP contribution in [0, 0.1) is 0 Å². The average molecular weight is 178 g/mol. The lowest BCUT2D eigenvalue weighted by atomic mass is 10.2. The van der Waals surface area contributed by atoms with Gasteiger partial charge in [0.25, 0.3) is 5.91 Å². The Balaban J connectivity index is 3.80. The first-order valence-electron chi connectivity index (χ1n) is 3.34. The third kappa shape index (κ3) is 3.87. The van der Waals surface area contributed by atoms with Crippen LogP contribution in [0.4, 0.5) is 4.39 Å². The van der Waals surface area contributed by atoms with Crippen molar-refractivity contribution in [3.05, 3.63) is 0 Å². The van der Waals surface area contributed by atoms with Crippen molar-refractivity contribution in [3.8, 4) is 0 Å². The first-order valence-corrected chi connectivity index (χ1v) is 3.34. The smallest absolute Gasteiger partial charge is 0.322 e. The molecule has 4 N–H and O–H groups in total. The Kier molecular flexibility index (Phi) is 4.20. The Hall–Kier alpha value is -1.17. The van der Waals surface area contributed by atoms with Gasteiger partial charge in [0, 0.05) is 6.04 Å². The highest BCUT2D eigenvalue weighted by Gasteiger charge is 2.21. The minimum atomic E-state index is -1.86. The van der Waals surface area contributed by atoms with Crippen molar-refractivity contribution in [2.24, 2.45) is 5.73 Å². The minimum absolute atomic E-state index is 0.591. The summed E-state index contributed by atoms with van der Waals surface area (Å²) < 4.78 is 12.6. The van der Waals surface area contributed by atoms with E-state index < -0.39 is 30.6 Å². The van der Waals surface area contributed by atoms with Crippen molar-refractivity contribution >= 4 is 11.9 Å². The molecule has 0 fully saturated rings. The number of halogens is 1. The van der Waals surface area contributed by atoms with E-state index in [4.69, 9.17) is 10.8 Å². The summed E-state index contributed by atoms with van der Waals surface area (Å²) in [4.78, 5) is 20.6. The van der Waals surface area contributed by atoms with Gasteiger partial charge in [-0.2, -0.15) is 0 Å². The number of alkyl halides is 1. The Bertz CT molecular complexity index is 184. The molecule has 2 unspecified atom stereocenters. The summed E-state index contributed by atoms with van der Waals surface area (Å²) in [5, 5.41) is 9.98. The van der Waals surface area contributed by atoms with Gasteiger partial charge >= 0.3 is 5.97 Å². The van der Waals surface area contributed by atoms with E-state index in [0.29, 0.717) is 0 Å². The Morgan fingerprint density at radius 3 is 2.50 bits per heavy atom. The van der Waals surface area contributed by atoms with Gasteiger partial charge < -0.3 is 16.2 Å². The maximum atomic E-state index is 12.6. The number of carboxylic acid groups (broad SMARTS) is 1. The summed E-state index contributed by atoms with van der Waals surface area (Å²) in [6, 6.07) is -0.932. The molecular weight excluding hydrogens is 167 g/mol. The standard InChI is InChI=1S/C6H11FN2O3/c1-3(8)5(7)6(12)9-2-4(10)11/h3,5H,2,8H2,1H3,(H,9,12)(H,10,11). The van der Waals surface area contributed by atoms with Crippen LogP contribution in [0.3, 0.4) is 0 Å². The van der Waals surface area contributed by atoms with Crippen LogP contribution in [0.25, 0.3) is 0 Å². The molecule has 1 amide bonds. The molecule has 0 aliphatic rings. The van der Waals surface area contributed by atoms with Crippen LogP contribution in [-0.2, 0) is 9.59 Å². The van der Waals surface area contributed by atoms with Crippen LogP contribution in [-0.4, -0.2) is 35.7 Å². The predicted octanol–water partition coefficient (Wildman–Crippen LogP) is -1.13. The fourth-order valence-electron chi connectivity index (χ4n) is 0.499. The maximum absolute atomic E-state index is 12.6. The number of nitrogens with one attached hydrogen (secondary N) is 1. The lowest BCUT2D eigenvalue weighted by Gasteiger charge is -2.10. The highest BCUT2D eigenvalue weighted by atomic mass is 19.1. The molecule has 0 saturated carbocycles. The van der Waals surface area contributed by atoms with Crippen LogP contribution in [0.15, 0.2) is 0 Å². The fraction of sp³-hybridized carbons (Fsp3) is 0.667. The van der Waals surface area contributed by atoms with Crippen molar-refractivity contribution in [2.75, 3.05) is 6.54 Å². The molecule has 0 spiro atoms. The number of amides is 1. The molecule has 12 heavy (non-hydrogen) atoms. The highest BCUT2D eigenvalue weighted by molar-refractivity contribution is 5.84. The third-order valence-electron chi connectivity index (χ3n) is 1.13. The summed E-state index contributed by atoms with van der Waals surface area (Å²) in [7, 11) is 0. The number of hydrogen-bond acceptors (Lipinski definition) is 3. The van der Waals surface area contributed by atoms with Gasteiger partial charge in [-0.05, 0) is 6.92 Å². The summed E-state index contributed by atoms with van der Waals surface area (Å²) in [6.07, 6.45) is -1.86. The van der Waals surface area contributed by atoms with E-state index in [1.165, 1.54) is 6.92 Å². The number of nitrogens with two attached hydrogens (primary N) is 1. The van der Waals surface area contributed by atoms with E-state index in [9.17, 15) is 14.0 Å². The van der Waals surface area contributed by atoms with Gasteiger partial charge in [-0.1, -0.05) is 0 Å². The SMILES string of the molecule is CC(N)C(F)C(=O)NCC(=O)O. The number of carbonyl (C=O) groups excluding carboxylic acids is 1. The topological polar surface area (TPSA) is 92.4 Å². The molecule has 0 aliphatic heterocycles. The zero-order valence-electron chi connectivity index (χ0n) is 6.58. The third-order valence-corrected chi connectivity index (χ3v) is 1.13. The van der Waals surface area contributed by atoms with Gasteiger partial charge in [-0.3, -0.25) is 9.59 Å². The van der Waals surface area contributed by atoms with Gasteiger partial charge in [0.15, 0.2) is 6.17 Å². The van der Waals surface area contributed by atoms with Crippen LogP contribution < -0.4 is 11.1 Å². The molecule has 0 aromatic carbocycles. The zero-order valence-corrected chi connectivity index (χ0v) is 6.58. The molecule has 2 atom stereocenters. The molecule has 0 heterocycles. The fourth-order valence-corrected chi connectivity index (χ4v) is 0.499. The van der Waals surface area contributed by atoms with Gasteiger partial charge in [-0.15, -0.1) is 0 Å². The Morgan fingerprint density at radius 2 is 2.17 bits per heavy atom. The first-order chi connectivity index (χ1) is 5.45. The lowest BCUT2D eigenvalue weighted by Crippen LogP contribution is -2.43. The van der Waals surface area contributed by atoms with Gasteiger partial charge in [0.05, 0.1) is 0 Å². The summed E-state index contributed by atoms with van der Waals surface area (Å²) in [5.41, 5.74) is 5.06. The molecule has 0 radical (unpaired) electrons. The molecule has 70 valence electrons. The number of carbonyl (C=O) groups is 2. The molecular formula is C6H11FN2O3. The molecule has 0 rings (SSSR count). The van der Waals surface area contributed by atoms with Crippen LogP contribution >= 0.6 is 0 Å². The van der Waals surface area contributed by atoms with Crippen LogP contribution in [0.1, 0.15) is 6.92 Å². The second-order valence-corrected chi connectivity index (χ2v) is 2.37.